The van der Waals surface area contributed by atoms with Crippen molar-refractivity contribution in [3.63, 3.8) is 0 Å². The third-order valence-electron chi connectivity index (χ3n) is 8.64. The van der Waals surface area contributed by atoms with Gasteiger partial charge in [0.05, 0.1) is 18.8 Å². The summed E-state index contributed by atoms with van der Waals surface area (Å²) in [6.07, 6.45) is 13.1. The normalized spacial score (nSPS) is 20.4. The summed E-state index contributed by atoms with van der Waals surface area (Å²) in [7, 11) is 1.91. The third kappa shape index (κ3) is 7.46. The second-order valence-electron chi connectivity index (χ2n) is 12.0. The maximum absolute atomic E-state index is 13.6. The minimum absolute atomic E-state index is 0.159. The molecule has 0 spiro atoms. The van der Waals surface area contributed by atoms with Gasteiger partial charge in [-0.15, -0.1) is 0 Å². The minimum atomic E-state index is -0.271. The molecule has 0 unspecified atom stereocenters. The largest absolute Gasteiger partial charge is 0.493 e. The van der Waals surface area contributed by atoms with Crippen molar-refractivity contribution < 1.29 is 9.53 Å². The van der Waals surface area contributed by atoms with Crippen LogP contribution in [0.3, 0.4) is 0 Å². The first-order valence-electron chi connectivity index (χ1n) is 14.8. The van der Waals surface area contributed by atoms with Crippen molar-refractivity contribution in [3.05, 3.63) is 82.6 Å². The van der Waals surface area contributed by atoms with Crippen LogP contribution in [-0.2, 0) is 17.9 Å². The molecule has 2 heterocycles. The highest BCUT2D eigenvalue weighted by Crippen LogP contribution is 2.36. The third-order valence-corrected chi connectivity index (χ3v) is 9.06. The van der Waals surface area contributed by atoms with Gasteiger partial charge in [-0.1, -0.05) is 61.2 Å². The van der Waals surface area contributed by atoms with E-state index in [2.05, 4.69) is 27.9 Å². The van der Waals surface area contributed by atoms with Crippen LogP contribution in [0.4, 0.5) is 0 Å². The maximum Gasteiger partial charge on any atom is 0.223 e. The highest BCUT2D eigenvalue weighted by molar-refractivity contribution is 6.31. The zero-order valence-corrected chi connectivity index (χ0v) is 24.8. The molecule has 0 radical (unpaired) electrons. The number of aromatic nitrogens is 2. The lowest BCUT2D eigenvalue weighted by Crippen LogP contribution is -2.48. The lowest BCUT2D eigenvalue weighted by molar-refractivity contribution is -0.135. The Morgan fingerprint density at radius 3 is 2.67 bits per heavy atom. The lowest BCUT2D eigenvalue weighted by atomic mass is 9.77. The predicted molar refractivity (Wildman–Crippen MR) is 161 cm³/mol. The van der Waals surface area contributed by atoms with E-state index in [-0.39, 0.29) is 11.3 Å². The molecule has 0 N–H and O–H groups in total. The number of carbonyl (C=O) groups is 1. The number of piperidine rings is 1. The van der Waals surface area contributed by atoms with Gasteiger partial charge in [-0.05, 0) is 68.5 Å². The first-order valence-corrected chi connectivity index (χ1v) is 15.2. The quantitative estimate of drug-likeness (QED) is 0.265. The van der Waals surface area contributed by atoms with Crippen LogP contribution in [0.5, 0.6) is 5.75 Å². The van der Waals surface area contributed by atoms with Gasteiger partial charge in [-0.2, -0.15) is 5.10 Å². The van der Waals surface area contributed by atoms with Gasteiger partial charge in [-0.3, -0.25) is 14.4 Å². The highest BCUT2D eigenvalue weighted by Gasteiger charge is 2.39. The van der Waals surface area contributed by atoms with E-state index in [1.807, 2.05) is 61.5 Å². The monoisotopic (exact) mass is 562 g/mol. The predicted octanol–water partition coefficient (Wildman–Crippen LogP) is 7.06. The topological polar surface area (TPSA) is 50.6 Å². The van der Waals surface area contributed by atoms with E-state index in [1.165, 1.54) is 37.7 Å². The smallest absolute Gasteiger partial charge is 0.223 e. The fourth-order valence-electron chi connectivity index (χ4n) is 6.37. The van der Waals surface area contributed by atoms with Crippen LogP contribution in [0.25, 0.3) is 0 Å². The van der Waals surface area contributed by atoms with E-state index in [0.29, 0.717) is 25.6 Å². The molecule has 6 nitrogen and oxygen atoms in total. The zero-order valence-electron chi connectivity index (χ0n) is 24.0. The van der Waals surface area contributed by atoms with Gasteiger partial charge >= 0.3 is 0 Å². The van der Waals surface area contributed by atoms with Gasteiger partial charge in [0.1, 0.15) is 5.75 Å². The van der Waals surface area contributed by atoms with Crippen LogP contribution in [0, 0.1) is 12.3 Å². The number of halogens is 1. The summed E-state index contributed by atoms with van der Waals surface area (Å²) >= 11 is 6.26. The Hall–Kier alpha value is -2.83. The molecule has 1 aliphatic carbocycles. The Morgan fingerprint density at radius 2 is 1.90 bits per heavy atom. The summed E-state index contributed by atoms with van der Waals surface area (Å²) in [5.74, 6) is 0.962. The molecule has 1 amide bonds. The fraction of sp³-hybridized carbons (Fsp3) is 0.515. The van der Waals surface area contributed by atoms with Crippen molar-refractivity contribution in [1.29, 1.82) is 0 Å². The Bertz CT molecular complexity index is 1260. The molecular weight excluding hydrogens is 520 g/mol. The molecule has 2 fully saturated rings. The Labute approximate surface area is 244 Å². The molecule has 0 bridgehead atoms. The van der Waals surface area contributed by atoms with Crippen LogP contribution in [0.2, 0.25) is 5.02 Å². The molecule has 1 saturated heterocycles. The van der Waals surface area contributed by atoms with Crippen LogP contribution in [0.1, 0.15) is 74.1 Å². The molecule has 1 saturated carbocycles. The number of amides is 1. The first kappa shape index (κ1) is 28.7. The molecule has 40 heavy (non-hydrogen) atoms. The van der Waals surface area contributed by atoms with Crippen molar-refractivity contribution in [2.45, 2.75) is 77.4 Å². The second-order valence-corrected chi connectivity index (χ2v) is 12.5. The highest BCUT2D eigenvalue weighted by atomic mass is 35.5. The Balaban J connectivity index is 1.29. The van der Waals surface area contributed by atoms with E-state index in [1.54, 1.807) is 0 Å². The van der Waals surface area contributed by atoms with Gasteiger partial charge in [0, 0.05) is 55.3 Å². The summed E-state index contributed by atoms with van der Waals surface area (Å²) in [6, 6.07) is 16.5. The summed E-state index contributed by atoms with van der Waals surface area (Å²) in [6.45, 7) is 5.78. The molecule has 214 valence electrons. The van der Waals surface area contributed by atoms with E-state index >= 15 is 0 Å². The van der Waals surface area contributed by atoms with Crippen molar-refractivity contribution in [1.82, 2.24) is 19.6 Å². The van der Waals surface area contributed by atoms with E-state index < -0.39 is 0 Å². The second kappa shape index (κ2) is 13.2. The van der Waals surface area contributed by atoms with Crippen LogP contribution in [-0.4, -0.2) is 52.2 Å². The molecule has 1 aromatic heterocycles. The van der Waals surface area contributed by atoms with E-state index in [4.69, 9.17) is 21.4 Å². The number of ether oxygens (including phenoxy) is 1. The SMILES string of the molecule is Cc1cc(OC[C@@]2(CC(=O)N(C)Cc3ccccc3)CCCN(Cc3cnn(C4CCCCC4)c3)C2)ccc1Cl. The molecule has 2 aromatic carbocycles. The van der Waals surface area contributed by atoms with Gasteiger partial charge in [0.15, 0.2) is 0 Å². The zero-order chi connectivity index (χ0) is 28.0. The summed E-state index contributed by atoms with van der Waals surface area (Å²) in [5.41, 5.74) is 3.11. The molecule has 2 aliphatic rings. The number of aryl methyl sites for hydroxylation is 1. The first-order chi connectivity index (χ1) is 19.4. The number of nitrogens with zero attached hydrogens (tertiary/aromatic N) is 4. The lowest BCUT2D eigenvalue weighted by Gasteiger charge is -2.43. The van der Waals surface area contributed by atoms with Gasteiger partial charge in [-0.25, -0.2) is 0 Å². The number of benzene rings is 2. The molecule has 7 heteroatoms. The van der Waals surface area contributed by atoms with Crippen molar-refractivity contribution >= 4 is 17.5 Å². The molecule has 1 aliphatic heterocycles. The van der Waals surface area contributed by atoms with Crippen molar-refractivity contribution in [3.8, 4) is 5.75 Å². The van der Waals surface area contributed by atoms with Gasteiger partial charge < -0.3 is 9.64 Å². The van der Waals surface area contributed by atoms with Crippen LogP contribution in [0.15, 0.2) is 60.9 Å². The number of hydrogen-bond acceptors (Lipinski definition) is 4. The average molecular weight is 563 g/mol. The number of rotatable bonds is 10. The van der Waals surface area contributed by atoms with Crippen LogP contribution >= 0.6 is 11.6 Å². The minimum Gasteiger partial charge on any atom is -0.493 e. The maximum atomic E-state index is 13.6. The van der Waals surface area contributed by atoms with Gasteiger partial charge in [0.25, 0.3) is 0 Å². The molecule has 3 aromatic rings. The fourth-order valence-corrected chi connectivity index (χ4v) is 6.48. The van der Waals surface area contributed by atoms with Crippen LogP contribution < -0.4 is 4.74 Å². The van der Waals surface area contributed by atoms with Crippen molar-refractivity contribution in [2.24, 2.45) is 5.41 Å². The molecule has 5 rings (SSSR count). The summed E-state index contributed by atoms with van der Waals surface area (Å²) < 4.78 is 8.59. The summed E-state index contributed by atoms with van der Waals surface area (Å²) in [4.78, 5) is 17.9. The van der Waals surface area contributed by atoms with E-state index in [0.717, 1.165) is 54.4 Å². The standard InChI is InChI=1S/C33H43ClN4O2/c1-26-18-30(14-15-31(26)34)40-25-33(19-32(39)36(2)21-27-10-5-3-6-11-27)16-9-17-37(24-33)22-28-20-35-38(23-28)29-12-7-4-8-13-29/h3,5-6,10-11,14-15,18,20,23,29H,4,7-9,12-13,16-17,19,21-22,24-25H2,1-2H3/t33-/m1/s1. The summed E-state index contributed by atoms with van der Waals surface area (Å²) in [5, 5.41) is 5.47. The van der Waals surface area contributed by atoms with Crippen molar-refractivity contribution in [2.75, 3.05) is 26.7 Å². The number of likely N-dealkylation sites (tertiary alicyclic amines) is 1. The number of carbonyl (C=O) groups excluding carboxylic acids is 1. The van der Waals surface area contributed by atoms with Gasteiger partial charge in [0.2, 0.25) is 5.91 Å². The Kier molecular flexibility index (Phi) is 9.48. The average Bonchev–Trinajstić information content (AvgIpc) is 3.43. The Morgan fingerprint density at radius 1 is 1.10 bits per heavy atom. The molecular formula is C33H43ClN4O2. The molecule has 1 atom stereocenters. The van der Waals surface area contributed by atoms with E-state index in [9.17, 15) is 4.79 Å². The number of hydrogen-bond donors (Lipinski definition) is 0.